The lowest BCUT2D eigenvalue weighted by Gasteiger charge is -2.09. The lowest BCUT2D eigenvalue weighted by atomic mass is 10.1. The summed E-state index contributed by atoms with van der Waals surface area (Å²) in [5.41, 5.74) is 7.14. The van der Waals surface area contributed by atoms with E-state index in [0.717, 1.165) is 5.56 Å². The Labute approximate surface area is 76.4 Å². The van der Waals surface area contributed by atoms with E-state index in [1.165, 1.54) is 0 Å². The van der Waals surface area contributed by atoms with Crippen molar-refractivity contribution in [1.29, 1.82) is 0 Å². The summed E-state index contributed by atoms with van der Waals surface area (Å²) in [7, 11) is 0. The molecule has 0 spiro atoms. The van der Waals surface area contributed by atoms with Gasteiger partial charge in [-0.15, -0.1) is 0 Å². The van der Waals surface area contributed by atoms with Crippen molar-refractivity contribution in [3.63, 3.8) is 0 Å². The van der Waals surface area contributed by atoms with Gasteiger partial charge in [-0.3, -0.25) is 4.79 Å². The molecule has 1 rings (SSSR count). The lowest BCUT2D eigenvalue weighted by Crippen LogP contribution is -2.16. The number of H-pyrrole nitrogens is 1. The Kier molecular flexibility index (Phi) is 3.22. The first kappa shape index (κ1) is 9.95. The Morgan fingerprint density at radius 1 is 1.69 bits per heavy atom. The van der Waals surface area contributed by atoms with Gasteiger partial charge in [0.25, 0.3) is 5.56 Å². The zero-order chi connectivity index (χ0) is 9.84. The highest BCUT2D eigenvalue weighted by Gasteiger charge is 2.05. The van der Waals surface area contributed by atoms with Crippen molar-refractivity contribution in [1.82, 2.24) is 4.98 Å². The predicted molar refractivity (Wildman–Crippen MR) is 50.4 cm³/mol. The molecule has 1 atom stereocenters. The van der Waals surface area contributed by atoms with Gasteiger partial charge in [-0.05, 0) is 25.0 Å². The summed E-state index contributed by atoms with van der Waals surface area (Å²) in [4.78, 5) is 13.6. The van der Waals surface area contributed by atoms with E-state index in [1.54, 1.807) is 19.2 Å². The third kappa shape index (κ3) is 2.40. The van der Waals surface area contributed by atoms with Crippen LogP contribution in [0.4, 0.5) is 0 Å². The molecule has 0 saturated heterocycles. The Morgan fingerprint density at radius 2 is 2.38 bits per heavy atom. The average molecular weight is 182 g/mol. The minimum Gasteiger partial charge on any atom is -0.396 e. The molecular formula is C9H14N2O2. The fourth-order valence-electron chi connectivity index (χ4n) is 1.14. The number of pyridine rings is 1. The molecule has 1 aromatic heterocycles. The molecule has 0 unspecified atom stereocenters. The van der Waals surface area contributed by atoms with Crippen molar-refractivity contribution < 1.29 is 5.11 Å². The summed E-state index contributed by atoms with van der Waals surface area (Å²) >= 11 is 0. The number of aliphatic hydroxyl groups excluding tert-OH is 1. The number of aromatic amines is 1. The normalized spacial score (nSPS) is 12.8. The molecule has 13 heavy (non-hydrogen) atoms. The van der Waals surface area contributed by atoms with Crippen LogP contribution >= 0.6 is 0 Å². The van der Waals surface area contributed by atoms with Crippen LogP contribution in [0.1, 0.15) is 23.6 Å². The molecule has 0 aliphatic rings. The van der Waals surface area contributed by atoms with E-state index < -0.39 is 0 Å². The molecule has 0 fully saturated rings. The third-order valence-electron chi connectivity index (χ3n) is 1.98. The van der Waals surface area contributed by atoms with E-state index in [0.29, 0.717) is 12.0 Å². The first-order chi connectivity index (χ1) is 6.15. The van der Waals surface area contributed by atoms with E-state index in [9.17, 15) is 4.79 Å². The fraction of sp³-hybridized carbons (Fsp3) is 0.444. The molecule has 4 nitrogen and oxygen atoms in total. The molecule has 0 aliphatic carbocycles. The van der Waals surface area contributed by atoms with E-state index >= 15 is 0 Å². The average Bonchev–Trinajstić information content (AvgIpc) is 2.10. The van der Waals surface area contributed by atoms with Gasteiger partial charge in [0.1, 0.15) is 0 Å². The van der Waals surface area contributed by atoms with E-state index in [1.807, 2.05) is 0 Å². The number of aromatic nitrogens is 1. The first-order valence-electron chi connectivity index (χ1n) is 4.21. The molecule has 72 valence electrons. The number of nitrogens with two attached hydrogens (primary N) is 1. The molecule has 0 amide bonds. The first-order valence-corrected chi connectivity index (χ1v) is 4.21. The van der Waals surface area contributed by atoms with Crippen LogP contribution in [-0.4, -0.2) is 16.7 Å². The van der Waals surface area contributed by atoms with Gasteiger partial charge in [0, 0.05) is 24.4 Å². The molecular weight excluding hydrogens is 168 g/mol. The number of rotatable bonds is 3. The predicted octanol–water partition coefficient (Wildman–Crippen LogP) is 0.0655. The molecule has 0 radical (unpaired) electrons. The molecule has 0 aliphatic heterocycles. The van der Waals surface area contributed by atoms with Gasteiger partial charge in [-0.1, -0.05) is 0 Å². The van der Waals surface area contributed by atoms with Gasteiger partial charge in [-0.2, -0.15) is 0 Å². The van der Waals surface area contributed by atoms with Gasteiger partial charge in [-0.25, -0.2) is 0 Å². The van der Waals surface area contributed by atoms with Gasteiger partial charge < -0.3 is 15.8 Å². The molecule has 0 aromatic carbocycles. The largest absolute Gasteiger partial charge is 0.396 e. The molecule has 1 aromatic rings. The van der Waals surface area contributed by atoms with Crippen molar-refractivity contribution in [3.05, 3.63) is 33.7 Å². The summed E-state index contributed by atoms with van der Waals surface area (Å²) in [6.07, 6.45) is 2.10. The fourth-order valence-corrected chi connectivity index (χ4v) is 1.14. The second-order valence-corrected chi connectivity index (χ2v) is 3.06. The van der Waals surface area contributed by atoms with Gasteiger partial charge in [0.15, 0.2) is 0 Å². The Bertz CT molecular complexity index is 333. The molecule has 0 bridgehead atoms. The van der Waals surface area contributed by atoms with Crippen molar-refractivity contribution in [3.8, 4) is 0 Å². The van der Waals surface area contributed by atoms with Crippen LogP contribution in [0, 0.1) is 6.92 Å². The summed E-state index contributed by atoms with van der Waals surface area (Å²) in [6, 6.07) is 1.54. The van der Waals surface area contributed by atoms with E-state index in [-0.39, 0.29) is 18.2 Å². The maximum atomic E-state index is 11.0. The zero-order valence-corrected chi connectivity index (χ0v) is 7.58. The van der Waals surface area contributed by atoms with Gasteiger partial charge >= 0.3 is 0 Å². The second kappa shape index (κ2) is 4.20. The molecule has 0 saturated carbocycles. The topological polar surface area (TPSA) is 79.1 Å². The third-order valence-corrected chi connectivity index (χ3v) is 1.98. The summed E-state index contributed by atoms with van der Waals surface area (Å²) in [5, 5.41) is 8.67. The Morgan fingerprint density at radius 3 is 2.92 bits per heavy atom. The highest BCUT2D eigenvalue weighted by atomic mass is 16.3. The number of hydrogen-bond acceptors (Lipinski definition) is 3. The minimum absolute atomic E-state index is 0.0549. The second-order valence-electron chi connectivity index (χ2n) is 3.06. The standard InChI is InChI=1S/C9H14N2O2/c1-6-4-7(5-11-9(6)13)8(10)2-3-12/h4-5,8,12H,2-3,10H2,1H3,(H,11,13)/t8-/m1/s1. The maximum absolute atomic E-state index is 11.0. The molecule has 4 N–H and O–H groups in total. The zero-order valence-electron chi connectivity index (χ0n) is 7.58. The number of aliphatic hydroxyl groups is 1. The minimum atomic E-state index is -0.208. The van der Waals surface area contributed by atoms with Crippen LogP contribution in [-0.2, 0) is 0 Å². The van der Waals surface area contributed by atoms with Crippen LogP contribution in [0.15, 0.2) is 17.1 Å². The lowest BCUT2D eigenvalue weighted by molar-refractivity contribution is 0.276. The quantitative estimate of drug-likeness (QED) is 0.618. The molecule has 4 heteroatoms. The Hall–Kier alpha value is -1.13. The van der Waals surface area contributed by atoms with Gasteiger partial charge in [0.05, 0.1) is 0 Å². The molecule has 1 heterocycles. The summed E-state index contributed by atoms with van der Waals surface area (Å²) < 4.78 is 0. The Balaban J connectivity index is 2.90. The number of hydrogen-bond donors (Lipinski definition) is 3. The summed E-state index contributed by atoms with van der Waals surface area (Å²) in [6.45, 7) is 1.79. The highest BCUT2D eigenvalue weighted by molar-refractivity contribution is 5.19. The highest BCUT2D eigenvalue weighted by Crippen LogP contribution is 2.11. The van der Waals surface area contributed by atoms with Crippen molar-refractivity contribution in [2.24, 2.45) is 5.73 Å². The number of aryl methyl sites for hydroxylation is 1. The SMILES string of the molecule is Cc1cc([C@H](N)CCO)c[nH]c1=O. The maximum Gasteiger partial charge on any atom is 0.250 e. The summed E-state index contributed by atoms with van der Waals surface area (Å²) in [5.74, 6) is 0. The number of nitrogens with one attached hydrogen (secondary N) is 1. The smallest absolute Gasteiger partial charge is 0.250 e. The van der Waals surface area contributed by atoms with Crippen LogP contribution in [0.25, 0.3) is 0 Å². The van der Waals surface area contributed by atoms with Crippen LogP contribution < -0.4 is 11.3 Å². The van der Waals surface area contributed by atoms with Crippen molar-refractivity contribution >= 4 is 0 Å². The van der Waals surface area contributed by atoms with Crippen LogP contribution in [0.3, 0.4) is 0 Å². The van der Waals surface area contributed by atoms with Crippen molar-refractivity contribution in [2.75, 3.05) is 6.61 Å². The van der Waals surface area contributed by atoms with E-state index in [4.69, 9.17) is 10.8 Å². The van der Waals surface area contributed by atoms with E-state index in [2.05, 4.69) is 4.98 Å². The van der Waals surface area contributed by atoms with Crippen molar-refractivity contribution in [2.45, 2.75) is 19.4 Å². The van der Waals surface area contributed by atoms with Crippen LogP contribution in [0.5, 0.6) is 0 Å². The monoisotopic (exact) mass is 182 g/mol. The van der Waals surface area contributed by atoms with Gasteiger partial charge in [0.2, 0.25) is 0 Å². The van der Waals surface area contributed by atoms with Crippen LogP contribution in [0.2, 0.25) is 0 Å².